The number of rotatable bonds is 8. The van der Waals surface area contributed by atoms with Gasteiger partial charge in [-0.25, -0.2) is 0 Å². The molecule has 0 aromatic carbocycles. The first kappa shape index (κ1) is 12.3. The molecule has 1 saturated carbocycles. The van der Waals surface area contributed by atoms with E-state index in [9.17, 15) is 0 Å². The minimum absolute atomic E-state index is 0.447. The van der Waals surface area contributed by atoms with Crippen molar-refractivity contribution in [2.75, 3.05) is 26.3 Å². The minimum atomic E-state index is 0.447. The molecule has 3 nitrogen and oxygen atoms in total. The third kappa shape index (κ3) is 4.81. The van der Waals surface area contributed by atoms with Crippen molar-refractivity contribution in [2.24, 2.45) is 5.92 Å². The fraction of sp³-hybridized carbons (Fsp3) is 1.00. The van der Waals surface area contributed by atoms with Crippen molar-refractivity contribution >= 4 is 0 Å². The highest BCUT2D eigenvalue weighted by molar-refractivity contribution is 4.73. The van der Waals surface area contributed by atoms with E-state index in [4.69, 9.17) is 9.47 Å². The Balaban J connectivity index is 1.34. The molecule has 0 aromatic heterocycles. The van der Waals surface area contributed by atoms with Crippen molar-refractivity contribution in [2.45, 2.75) is 51.2 Å². The van der Waals surface area contributed by atoms with E-state index in [0.29, 0.717) is 12.2 Å². The van der Waals surface area contributed by atoms with Crippen LogP contribution in [0.25, 0.3) is 0 Å². The van der Waals surface area contributed by atoms with E-state index in [1.54, 1.807) is 0 Å². The largest absolute Gasteiger partial charge is 0.381 e. The van der Waals surface area contributed by atoms with Crippen LogP contribution < -0.4 is 5.32 Å². The average molecular weight is 227 g/mol. The highest BCUT2D eigenvalue weighted by atomic mass is 16.5. The lowest BCUT2D eigenvalue weighted by atomic mass is 10.2. The van der Waals surface area contributed by atoms with Gasteiger partial charge in [0.05, 0.1) is 12.2 Å². The smallest absolute Gasteiger partial charge is 0.0704 e. The summed E-state index contributed by atoms with van der Waals surface area (Å²) in [5.74, 6) is 0.890. The summed E-state index contributed by atoms with van der Waals surface area (Å²) in [5.41, 5.74) is 0. The van der Waals surface area contributed by atoms with E-state index in [1.807, 2.05) is 0 Å². The standard InChI is InChI=1S/C13H25NO2/c1-11-3-6-13(16-11)9-14-7-2-8-15-10-12-4-5-12/h11-14H,2-10H2,1H3. The summed E-state index contributed by atoms with van der Waals surface area (Å²) in [6.45, 7) is 6.12. The van der Waals surface area contributed by atoms with Gasteiger partial charge in [-0.3, -0.25) is 0 Å². The van der Waals surface area contributed by atoms with Gasteiger partial charge in [0.2, 0.25) is 0 Å². The molecule has 0 aromatic rings. The van der Waals surface area contributed by atoms with Crippen LogP contribution in [0.15, 0.2) is 0 Å². The highest BCUT2D eigenvalue weighted by Crippen LogP contribution is 2.28. The molecular formula is C13H25NO2. The maximum absolute atomic E-state index is 5.73. The third-order valence-electron chi connectivity index (χ3n) is 3.38. The summed E-state index contributed by atoms with van der Waals surface area (Å²) in [5, 5.41) is 3.45. The van der Waals surface area contributed by atoms with Crippen molar-refractivity contribution < 1.29 is 9.47 Å². The summed E-state index contributed by atoms with van der Waals surface area (Å²) >= 11 is 0. The lowest BCUT2D eigenvalue weighted by molar-refractivity contribution is 0.0554. The first-order valence-electron chi connectivity index (χ1n) is 6.78. The molecule has 1 aliphatic heterocycles. The molecule has 0 bridgehead atoms. The SMILES string of the molecule is CC1CCC(CNCCCOCC2CC2)O1. The minimum Gasteiger partial charge on any atom is -0.381 e. The Labute approximate surface area is 98.9 Å². The van der Waals surface area contributed by atoms with E-state index >= 15 is 0 Å². The van der Waals surface area contributed by atoms with Crippen LogP contribution in [0.3, 0.4) is 0 Å². The van der Waals surface area contributed by atoms with Crippen LogP contribution in [0, 0.1) is 5.92 Å². The third-order valence-corrected chi connectivity index (χ3v) is 3.38. The highest BCUT2D eigenvalue weighted by Gasteiger charge is 2.21. The van der Waals surface area contributed by atoms with Gasteiger partial charge in [0.15, 0.2) is 0 Å². The Morgan fingerprint density at radius 3 is 2.81 bits per heavy atom. The maximum Gasteiger partial charge on any atom is 0.0704 e. The molecule has 0 spiro atoms. The molecule has 0 radical (unpaired) electrons. The normalized spacial score (nSPS) is 29.8. The molecule has 16 heavy (non-hydrogen) atoms. The number of nitrogens with one attached hydrogen (secondary N) is 1. The summed E-state index contributed by atoms with van der Waals surface area (Å²) in [6.07, 6.45) is 7.24. The van der Waals surface area contributed by atoms with Gasteiger partial charge in [0, 0.05) is 19.8 Å². The summed E-state index contributed by atoms with van der Waals surface area (Å²) in [4.78, 5) is 0. The van der Waals surface area contributed by atoms with Crippen molar-refractivity contribution in [3.63, 3.8) is 0 Å². The zero-order valence-electron chi connectivity index (χ0n) is 10.4. The van der Waals surface area contributed by atoms with Crippen LogP contribution in [0.4, 0.5) is 0 Å². The van der Waals surface area contributed by atoms with Gasteiger partial charge in [-0.2, -0.15) is 0 Å². The lowest BCUT2D eigenvalue weighted by Crippen LogP contribution is -2.28. The molecule has 1 N–H and O–H groups in total. The summed E-state index contributed by atoms with van der Waals surface area (Å²) in [7, 11) is 0. The Hall–Kier alpha value is -0.120. The molecule has 2 fully saturated rings. The first-order valence-corrected chi connectivity index (χ1v) is 6.78. The zero-order valence-corrected chi connectivity index (χ0v) is 10.4. The Morgan fingerprint density at radius 1 is 1.25 bits per heavy atom. The molecular weight excluding hydrogens is 202 g/mol. The predicted molar refractivity (Wildman–Crippen MR) is 64.6 cm³/mol. The van der Waals surface area contributed by atoms with E-state index in [1.165, 1.54) is 25.7 Å². The molecule has 94 valence electrons. The lowest BCUT2D eigenvalue weighted by Gasteiger charge is -2.12. The van der Waals surface area contributed by atoms with E-state index < -0.39 is 0 Å². The van der Waals surface area contributed by atoms with Crippen LogP contribution in [0.1, 0.15) is 39.0 Å². The molecule has 1 heterocycles. The van der Waals surface area contributed by atoms with Gasteiger partial charge >= 0.3 is 0 Å². The summed E-state index contributed by atoms with van der Waals surface area (Å²) < 4.78 is 11.3. The Bertz CT molecular complexity index is 194. The molecule has 2 unspecified atom stereocenters. The molecule has 0 amide bonds. The van der Waals surface area contributed by atoms with Crippen molar-refractivity contribution in [1.82, 2.24) is 5.32 Å². The van der Waals surface area contributed by atoms with Gasteiger partial charge in [-0.1, -0.05) is 0 Å². The van der Waals surface area contributed by atoms with Crippen molar-refractivity contribution in [1.29, 1.82) is 0 Å². The van der Waals surface area contributed by atoms with Crippen LogP contribution in [0.5, 0.6) is 0 Å². The average Bonchev–Trinajstić information content (AvgIpc) is 3.00. The van der Waals surface area contributed by atoms with Crippen LogP contribution in [-0.2, 0) is 9.47 Å². The van der Waals surface area contributed by atoms with Gasteiger partial charge < -0.3 is 14.8 Å². The monoisotopic (exact) mass is 227 g/mol. The molecule has 2 atom stereocenters. The van der Waals surface area contributed by atoms with Gasteiger partial charge in [-0.05, 0) is 51.5 Å². The van der Waals surface area contributed by atoms with E-state index in [2.05, 4.69) is 12.2 Å². The van der Waals surface area contributed by atoms with E-state index in [-0.39, 0.29) is 0 Å². The quantitative estimate of drug-likeness (QED) is 0.643. The summed E-state index contributed by atoms with van der Waals surface area (Å²) in [6, 6.07) is 0. The van der Waals surface area contributed by atoms with Crippen LogP contribution in [0.2, 0.25) is 0 Å². The first-order chi connectivity index (χ1) is 7.84. The number of hydrogen-bond acceptors (Lipinski definition) is 3. The van der Waals surface area contributed by atoms with Crippen molar-refractivity contribution in [3.8, 4) is 0 Å². The second-order valence-electron chi connectivity index (χ2n) is 5.22. The van der Waals surface area contributed by atoms with Gasteiger partial charge in [0.1, 0.15) is 0 Å². The molecule has 1 saturated heterocycles. The van der Waals surface area contributed by atoms with Gasteiger partial charge in [0.25, 0.3) is 0 Å². The zero-order chi connectivity index (χ0) is 11.2. The van der Waals surface area contributed by atoms with Crippen LogP contribution in [-0.4, -0.2) is 38.5 Å². The Kier molecular flexibility index (Phi) is 5.07. The second kappa shape index (κ2) is 6.58. The second-order valence-corrected chi connectivity index (χ2v) is 5.22. The van der Waals surface area contributed by atoms with E-state index in [0.717, 1.165) is 38.6 Å². The number of ether oxygens (including phenoxy) is 2. The molecule has 2 rings (SSSR count). The molecule has 1 aliphatic carbocycles. The van der Waals surface area contributed by atoms with Gasteiger partial charge in [-0.15, -0.1) is 0 Å². The van der Waals surface area contributed by atoms with Crippen molar-refractivity contribution in [3.05, 3.63) is 0 Å². The maximum atomic E-state index is 5.73. The topological polar surface area (TPSA) is 30.5 Å². The van der Waals surface area contributed by atoms with Crippen LogP contribution >= 0.6 is 0 Å². The number of hydrogen-bond donors (Lipinski definition) is 1. The fourth-order valence-corrected chi connectivity index (χ4v) is 2.13. The fourth-order valence-electron chi connectivity index (χ4n) is 2.13. The predicted octanol–water partition coefficient (Wildman–Crippen LogP) is 1.96. The molecule has 2 aliphatic rings. The molecule has 3 heteroatoms. The Morgan fingerprint density at radius 2 is 2.12 bits per heavy atom.